The Labute approximate surface area is 134 Å². The highest BCUT2D eigenvalue weighted by Crippen LogP contribution is 2.35. The fraction of sp³-hybridized carbons (Fsp3) is 0.533. The van der Waals surface area contributed by atoms with Gasteiger partial charge in [0, 0.05) is 10.2 Å². The molecule has 1 aromatic rings. The normalized spacial score (nSPS) is 22.2. The second kappa shape index (κ2) is 6.35. The number of nitrogens with zero attached hydrogens (tertiary/aromatic N) is 2. The summed E-state index contributed by atoms with van der Waals surface area (Å²) in [5.41, 5.74) is 7.11. The molecule has 110 valence electrons. The fourth-order valence-electron chi connectivity index (χ4n) is 2.68. The Hall–Kier alpha value is -0.740. The van der Waals surface area contributed by atoms with Crippen molar-refractivity contribution in [2.75, 3.05) is 11.4 Å². The summed E-state index contributed by atoms with van der Waals surface area (Å²) in [4.78, 5) is 6.59. The van der Waals surface area contributed by atoms with Crippen LogP contribution < -0.4 is 10.6 Å². The molecule has 1 heterocycles. The van der Waals surface area contributed by atoms with Crippen LogP contribution in [0.5, 0.6) is 0 Å². The van der Waals surface area contributed by atoms with Gasteiger partial charge in [-0.25, -0.2) is 0 Å². The SMILES string of the molecule is CCCCCC1(C)CN=C(N)N1c1ccc(Cl)c(Br)c1. The van der Waals surface area contributed by atoms with Crippen molar-refractivity contribution in [2.45, 2.75) is 45.1 Å². The highest BCUT2D eigenvalue weighted by molar-refractivity contribution is 9.10. The first-order valence-electron chi connectivity index (χ1n) is 7.03. The van der Waals surface area contributed by atoms with E-state index in [0.717, 1.165) is 23.1 Å². The molecule has 1 atom stereocenters. The molecular weight excluding hydrogens is 338 g/mol. The predicted molar refractivity (Wildman–Crippen MR) is 90.7 cm³/mol. The van der Waals surface area contributed by atoms with Crippen molar-refractivity contribution in [1.29, 1.82) is 0 Å². The van der Waals surface area contributed by atoms with E-state index in [1.807, 2.05) is 18.2 Å². The van der Waals surface area contributed by atoms with Crippen LogP contribution in [0.15, 0.2) is 27.7 Å². The number of hydrogen-bond acceptors (Lipinski definition) is 3. The highest BCUT2D eigenvalue weighted by Gasteiger charge is 2.38. The van der Waals surface area contributed by atoms with Crippen molar-refractivity contribution < 1.29 is 0 Å². The molecule has 3 nitrogen and oxygen atoms in total. The zero-order valence-electron chi connectivity index (χ0n) is 12.0. The first kappa shape index (κ1) is 15.6. The summed E-state index contributed by atoms with van der Waals surface area (Å²) in [7, 11) is 0. The zero-order chi connectivity index (χ0) is 14.8. The number of guanidine groups is 1. The third-order valence-electron chi connectivity index (χ3n) is 3.83. The molecule has 2 rings (SSSR count). The first-order valence-corrected chi connectivity index (χ1v) is 8.20. The average Bonchev–Trinajstić information content (AvgIpc) is 2.70. The predicted octanol–water partition coefficient (Wildman–Crippen LogP) is 4.58. The van der Waals surface area contributed by atoms with E-state index < -0.39 is 0 Å². The van der Waals surface area contributed by atoms with Gasteiger partial charge in [0.15, 0.2) is 5.96 Å². The maximum Gasteiger partial charge on any atom is 0.196 e. The van der Waals surface area contributed by atoms with Gasteiger partial charge in [0.05, 0.1) is 17.1 Å². The summed E-state index contributed by atoms with van der Waals surface area (Å²) in [6.45, 7) is 5.20. The molecule has 20 heavy (non-hydrogen) atoms. The van der Waals surface area contributed by atoms with Gasteiger partial charge in [0.2, 0.25) is 0 Å². The van der Waals surface area contributed by atoms with Crippen molar-refractivity contribution in [3.8, 4) is 0 Å². The van der Waals surface area contributed by atoms with Gasteiger partial charge in [0.1, 0.15) is 0 Å². The van der Waals surface area contributed by atoms with E-state index in [2.05, 4.69) is 39.7 Å². The molecule has 0 fully saturated rings. The van der Waals surface area contributed by atoms with Gasteiger partial charge in [-0.1, -0.05) is 37.8 Å². The van der Waals surface area contributed by atoms with E-state index in [1.54, 1.807) is 0 Å². The molecule has 1 aliphatic rings. The molecule has 0 bridgehead atoms. The number of halogens is 2. The first-order chi connectivity index (χ1) is 9.48. The lowest BCUT2D eigenvalue weighted by atomic mass is 9.93. The molecule has 1 aliphatic heterocycles. The summed E-state index contributed by atoms with van der Waals surface area (Å²) in [6, 6.07) is 5.89. The number of rotatable bonds is 5. The summed E-state index contributed by atoms with van der Waals surface area (Å²) in [5, 5.41) is 0.705. The zero-order valence-corrected chi connectivity index (χ0v) is 14.3. The van der Waals surface area contributed by atoms with E-state index in [-0.39, 0.29) is 5.54 Å². The van der Waals surface area contributed by atoms with Gasteiger partial charge in [-0.2, -0.15) is 0 Å². The Morgan fingerprint density at radius 3 is 2.85 bits per heavy atom. The highest BCUT2D eigenvalue weighted by atomic mass is 79.9. The van der Waals surface area contributed by atoms with E-state index in [9.17, 15) is 0 Å². The molecule has 1 unspecified atom stereocenters. The van der Waals surface area contributed by atoms with Gasteiger partial charge >= 0.3 is 0 Å². The monoisotopic (exact) mass is 357 g/mol. The Morgan fingerprint density at radius 1 is 1.45 bits per heavy atom. The molecule has 0 amide bonds. The second-order valence-corrected chi connectivity index (χ2v) is 6.82. The molecule has 1 aromatic carbocycles. The summed E-state index contributed by atoms with van der Waals surface area (Å²) in [6.07, 6.45) is 4.75. The standard InChI is InChI=1S/C15H21BrClN3/c1-3-4-5-8-15(2)10-19-14(18)20(15)11-6-7-13(17)12(16)9-11/h6-7,9H,3-5,8,10H2,1-2H3,(H2,18,19). The minimum atomic E-state index is -0.0352. The maximum absolute atomic E-state index is 6.11. The number of unbranched alkanes of at least 4 members (excludes halogenated alkanes) is 2. The molecule has 2 N–H and O–H groups in total. The fourth-order valence-corrected chi connectivity index (χ4v) is 3.17. The van der Waals surface area contributed by atoms with Crippen LogP contribution >= 0.6 is 27.5 Å². The largest absolute Gasteiger partial charge is 0.369 e. The molecule has 0 saturated heterocycles. The Kier molecular flexibility index (Phi) is 4.97. The van der Waals surface area contributed by atoms with Crippen LogP contribution in [-0.4, -0.2) is 18.0 Å². The number of benzene rings is 1. The number of aliphatic imine (C=N–C) groups is 1. The number of nitrogens with two attached hydrogens (primary N) is 1. The van der Waals surface area contributed by atoms with E-state index in [0.29, 0.717) is 11.0 Å². The summed E-state index contributed by atoms with van der Waals surface area (Å²) < 4.78 is 0.882. The molecular formula is C15H21BrClN3. The Balaban J connectivity index is 2.25. The van der Waals surface area contributed by atoms with E-state index >= 15 is 0 Å². The Bertz CT molecular complexity index is 518. The Morgan fingerprint density at radius 2 is 2.20 bits per heavy atom. The number of hydrogen-bond donors (Lipinski definition) is 1. The molecule has 0 aromatic heterocycles. The molecule has 0 aliphatic carbocycles. The van der Waals surface area contributed by atoms with Crippen LogP contribution in [-0.2, 0) is 0 Å². The van der Waals surface area contributed by atoms with Gasteiger partial charge in [-0.05, 0) is 47.5 Å². The lowest BCUT2D eigenvalue weighted by molar-refractivity contribution is 0.438. The molecule has 5 heteroatoms. The van der Waals surface area contributed by atoms with E-state index in [4.69, 9.17) is 17.3 Å². The second-order valence-electron chi connectivity index (χ2n) is 5.56. The lowest BCUT2D eigenvalue weighted by Gasteiger charge is -2.36. The van der Waals surface area contributed by atoms with Crippen molar-refractivity contribution in [3.63, 3.8) is 0 Å². The van der Waals surface area contributed by atoms with Gasteiger partial charge in [0.25, 0.3) is 0 Å². The minimum absolute atomic E-state index is 0.0352. The quantitative estimate of drug-likeness (QED) is 0.783. The molecule has 0 spiro atoms. The topological polar surface area (TPSA) is 41.6 Å². The lowest BCUT2D eigenvalue weighted by Crippen LogP contribution is -2.50. The van der Waals surface area contributed by atoms with Crippen molar-refractivity contribution >= 4 is 39.2 Å². The molecule has 0 radical (unpaired) electrons. The van der Waals surface area contributed by atoms with Crippen LogP contribution in [0, 0.1) is 0 Å². The van der Waals surface area contributed by atoms with E-state index in [1.165, 1.54) is 19.3 Å². The number of anilines is 1. The smallest absolute Gasteiger partial charge is 0.196 e. The van der Waals surface area contributed by atoms with Crippen molar-refractivity contribution in [1.82, 2.24) is 0 Å². The van der Waals surface area contributed by atoms with Gasteiger partial charge < -0.3 is 10.6 Å². The summed E-state index contributed by atoms with van der Waals surface area (Å²) >= 11 is 9.55. The summed E-state index contributed by atoms with van der Waals surface area (Å²) in [5.74, 6) is 0.596. The minimum Gasteiger partial charge on any atom is -0.369 e. The average molecular weight is 359 g/mol. The van der Waals surface area contributed by atoms with Crippen LogP contribution in [0.25, 0.3) is 0 Å². The van der Waals surface area contributed by atoms with Crippen molar-refractivity contribution in [3.05, 3.63) is 27.7 Å². The van der Waals surface area contributed by atoms with Crippen LogP contribution in [0.4, 0.5) is 5.69 Å². The van der Waals surface area contributed by atoms with Crippen LogP contribution in [0.3, 0.4) is 0 Å². The van der Waals surface area contributed by atoms with Crippen molar-refractivity contribution in [2.24, 2.45) is 10.7 Å². The van der Waals surface area contributed by atoms with Gasteiger partial charge in [-0.3, -0.25) is 4.99 Å². The van der Waals surface area contributed by atoms with Crippen LogP contribution in [0.2, 0.25) is 5.02 Å². The third-order valence-corrected chi connectivity index (χ3v) is 5.04. The maximum atomic E-state index is 6.11. The van der Waals surface area contributed by atoms with Gasteiger partial charge in [-0.15, -0.1) is 0 Å². The van der Waals surface area contributed by atoms with Crippen LogP contribution in [0.1, 0.15) is 39.5 Å². The molecule has 0 saturated carbocycles. The third kappa shape index (κ3) is 3.12.